The van der Waals surface area contributed by atoms with E-state index in [-0.39, 0.29) is 6.67 Å². The van der Waals surface area contributed by atoms with Crippen molar-refractivity contribution in [3.05, 3.63) is 325 Å². The molecule has 0 unspecified atom stereocenters. The summed E-state index contributed by atoms with van der Waals surface area (Å²) in [6, 6.07) is 102. The fourth-order valence-corrected chi connectivity index (χ4v) is 14.8. The number of fused-ring (bicyclic) bond motifs is 4. The minimum Gasteiger partial charge on any atom is -0.457 e. The third-order valence-corrected chi connectivity index (χ3v) is 20.5. The number of hydrogen-bond acceptors (Lipinski definition) is 12. The molecule has 0 amide bonds. The molecule has 0 spiro atoms. The molecule has 0 aromatic heterocycles. The minimum absolute atomic E-state index is 0.131. The molecule has 0 N–H and O–H groups in total. The normalized spacial score (nSPS) is 14.1. The van der Waals surface area contributed by atoms with E-state index >= 15 is 0 Å². The number of hydrogen-bond donors (Lipinski definition) is 0. The molecule has 12 heteroatoms. The van der Waals surface area contributed by atoms with Gasteiger partial charge in [-0.2, -0.15) is 0 Å². The van der Waals surface area contributed by atoms with Gasteiger partial charge in [-0.3, -0.25) is 0 Å². The summed E-state index contributed by atoms with van der Waals surface area (Å²) in [5, 5.41) is 0. The fraction of sp³-hybridized carbons (Fsp3) is 0.133. The summed E-state index contributed by atoms with van der Waals surface area (Å²) in [7, 11) is 2.16. The van der Waals surface area contributed by atoms with E-state index in [0.717, 1.165) is 119 Å². The Morgan fingerprint density at radius 1 is 0.245 bits per heavy atom. The van der Waals surface area contributed by atoms with Crippen molar-refractivity contribution in [2.45, 2.75) is 41.5 Å². The van der Waals surface area contributed by atoms with E-state index in [2.05, 4.69) is 316 Å². The van der Waals surface area contributed by atoms with Crippen molar-refractivity contribution in [2.24, 2.45) is 0 Å². The second-order valence-corrected chi connectivity index (χ2v) is 27.1. The first-order valence-corrected chi connectivity index (χ1v) is 34.9. The van der Waals surface area contributed by atoms with E-state index in [4.69, 9.17) is 13.6 Å². The van der Waals surface area contributed by atoms with Gasteiger partial charge in [0.1, 0.15) is 36.3 Å². The van der Waals surface area contributed by atoms with Crippen molar-refractivity contribution in [3.63, 3.8) is 0 Å². The summed E-state index contributed by atoms with van der Waals surface area (Å²) in [6.45, 7) is 12.5. The van der Waals surface area contributed by atoms with Crippen molar-refractivity contribution < 1.29 is 13.6 Å². The summed E-state index contributed by atoms with van der Waals surface area (Å²) in [4.78, 5) is 22.3. The number of anilines is 20. The molecule has 0 radical (unpaired) electrons. The molecule has 12 nitrogen and oxygen atoms in total. The number of aryl methyl sites for hydroxylation is 6. The lowest BCUT2D eigenvalue weighted by molar-refractivity contribution is 0.482. The molecular weight excluding hydrogens is 1250 g/mol. The lowest BCUT2D eigenvalue weighted by Crippen LogP contribution is -2.25. The van der Waals surface area contributed by atoms with E-state index in [9.17, 15) is 0 Å². The van der Waals surface area contributed by atoms with Crippen LogP contribution in [0.15, 0.2) is 291 Å². The fourth-order valence-electron chi connectivity index (χ4n) is 14.8. The van der Waals surface area contributed by atoms with Crippen LogP contribution in [0.4, 0.5) is 114 Å². The molecule has 17 rings (SSSR count). The zero-order chi connectivity index (χ0) is 71.8. The molecule has 4 aliphatic rings. The first-order chi connectivity index (χ1) is 51.0. The molecule has 0 aliphatic carbocycles. The molecule has 0 saturated carbocycles. The third-order valence-electron chi connectivity index (χ3n) is 20.5. The highest BCUT2D eigenvalue weighted by atomic mass is 16.5. The predicted octanol–water partition coefficient (Wildman–Crippen LogP) is 23.6. The maximum atomic E-state index is 8.66. The first kappa shape index (κ1) is 59.5. The SMILES string of the molecule is [2H]C([2H])([2H])N1CN(c2cc(Oc3cccc(N4CN(c5ccc(N6CN(c7cccc(Oc8cc(N9CN(C)c%10cc(C)c(C)cc%109)cc(N(c9ccccc9)c9ccccc9)c8)c7)c7cc(C)c(C)cc76)cc5)c5ccccc54)c3)cc(N(c3ccccc3)c3ccccc3)c2)c2cc(C)c(C)cc21. The van der Waals surface area contributed by atoms with E-state index < -0.39 is 6.98 Å². The quantitative estimate of drug-likeness (QED) is 0.0926. The van der Waals surface area contributed by atoms with Gasteiger partial charge in [0, 0.05) is 111 Å². The van der Waals surface area contributed by atoms with Gasteiger partial charge >= 0.3 is 0 Å². The molecular formula is C90H80N10O2. The Hall–Kier alpha value is -12.5. The summed E-state index contributed by atoms with van der Waals surface area (Å²) in [6.07, 6.45) is 0. The number of benzene rings is 13. The highest BCUT2D eigenvalue weighted by Gasteiger charge is 2.34. The van der Waals surface area contributed by atoms with Crippen molar-refractivity contribution >= 4 is 114 Å². The molecule has 502 valence electrons. The second kappa shape index (κ2) is 26.0. The number of rotatable bonds is 16. The van der Waals surface area contributed by atoms with Crippen LogP contribution >= 0.6 is 0 Å². The van der Waals surface area contributed by atoms with Crippen LogP contribution in [0.25, 0.3) is 0 Å². The van der Waals surface area contributed by atoms with Crippen molar-refractivity contribution in [1.29, 1.82) is 0 Å². The van der Waals surface area contributed by atoms with Gasteiger partial charge in [-0.25, -0.2) is 0 Å². The number of ether oxygens (including phenoxy) is 2. The highest BCUT2D eigenvalue weighted by Crippen LogP contribution is 2.52. The number of para-hydroxylation sites is 6. The van der Waals surface area contributed by atoms with Crippen LogP contribution in [0.3, 0.4) is 0 Å². The molecule has 102 heavy (non-hydrogen) atoms. The van der Waals surface area contributed by atoms with Crippen LogP contribution < -0.4 is 58.5 Å². The van der Waals surface area contributed by atoms with Gasteiger partial charge in [-0.05, 0) is 233 Å². The van der Waals surface area contributed by atoms with Gasteiger partial charge in [-0.1, -0.05) is 97.1 Å². The average molecular weight is 1340 g/mol. The summed E-state index contributed by atoms with van der Waals surface area (Å²) < 4.78 is 40.2. The Labute approximate surface area is 603 Å². The molecule has 13 aromatic rings. The van der Waals surface area contributed by atoms with E-state index in [0.29, 0.717) is 37.2 Å². The summed E-state index contributed by atoms with van der Waals surface area (Å²) >= 11 is 0. The lowest BCUT2D eigenvalue weighted by atomic mass is 10.1. The Balaban J connectivity index is 0.658. The number of nitrogens with zero attached hydrogens (tertiary/aromatic N) is 10. The van der Waals surface area contributed by atoms with Gasteiger partial charge in [0.2, 0.25) is 0 Å². The second-order valence-electron chi connectivity index (χ2n) is 27.1. The van der Waals surface area contributed by atoms with Gasteiger partial charge in [0.05, 0.1) is 70.2 Å². The van der Waals surface area contributed by atoms with Crippen LogP contribution in [-0.2, 0) is 0 Å². The van der Waals surface area contributed by atoms with Crippen LogP contribution in [-0.4, -0.2) is 40.7 Å². The van der Waals surface area contributed by atoms with Crippen LogP contribution in [0, 0.1) is 41.5 Å². The van der Waals surface area contributed by atoms with E-state index in [1.165, 1.54) is 38.5 Å². The van der Waals surface area contributed by atoms with E-state index in [1.54, 1.807) is 0 Å². The predicted molar refractivity (Wildman–Crippen MR) is 425 cm³/mol. The summed E-state index contributed by atoms with van der Waals surface area (Å²) in [5.74, 6) is 2.71. The van der Waals surface area contributed by atoms with Crippen LogP contribution in [0.1, 0.15) is 37.5 Å². The van der Waals surface area contributed by atoms with Gasteiger partial charge in [0.15, 0.2) is 0 Å². The summed E-state index contributed by atoms with van der Waals surface area (Å²) in [5.41, 5.74) is 27.2. The Kier molecular flexibility index (Phi) is 15.1. The molecule has 0 fully saturated rings. The molecule has 4 aliphatic heterocycles. The Morgan fingerprint density at radius 2 is 0.549 bits per heavy atom. The largest absolute Gasteiger partial charge is 0.457 e. The van der Waals surface area contributed by atoms with Crippen molar-refractivity contribution in [3.8, 4) is 23.0 Å². The van der Waals surface area contributed by atoms with Crippen LogP contribution in [0.2, 0.25) is 0 Å². The maximum Gasteiger partial charge on any atom is 0.131 e. The Morgan fingerprint density at radius 3 is 0.941 bits per heavy atom. The van der Waals surface area contributed by atoms with Gasteiger partial charge in [0.25, 0.3) is 0 Å². The monoisotopic (exact) mass is 1340 g/mol. The maximum absolute atomic E-state index is 8.66. The molecule has 13 aromatic carbocycles. The Bertz CT molecular complexity index is 5360. The molecule has 4 heterocycles. The van der Waals surface area contributed by atoms with Crippen molar-refractivity contribution in [1.82, 2.24) is 0 Å². The molecule has 0 saturated heterocycles. The third kappa shape index (κ3) is 11.7. The van der Waals surface area contributed by atoms with Gasteiger partial charge in [-0.15, -0.1) is 0 Å². The standard InChI is InChI=1S/C90H80N10O2/c1-61-43-85-87(45-63(61)3)93(57-91(85)7)75-49-77(99(69-25-13-9-14-26-69)70-27-15-10-16-28-70)55-81(53-75)101-79-35-23-33-73(51-79)97-59-95(83-37-21-22-38-84(83)97)67-39-41-68(42-40-67)96-60-98(90-48-66(6)65(5)47-89(90)96)74-34-24-36-80(52-74)102-82-54-76(94-58-92(8)86-44-62(2)64(4)46-88(86)94)50-78(56-82)100(71-29-17-11-18-30-71)72-31-19-12-20-32-72/h9-56H,57-60H2,1-8H3/i7D3. The smallest absolute Gasteiger partial charge is 0.131 e. The minimum atomic E-state index is -2.37. The zero-order valence-electron chi connectivity index (χ0n) is 61.3. The van der Waals surface area contributed by atoms with Gasteiger partial charge < -0.3 is 58.5 Å². The molecule has 0 bridgehead atoms. The van der Waals surface area contributed by atoms with Crippen LogP contribution in [0.5, 0.6) is 23.0 Å². The topological polar surface area (TPSA) is 50.9 Å². The lowest BCUT2D eigenvalue weighted by Gasteiger charge is -2.28. The van der Waals surface area contributed by atoms with Crippen molar-refractivity contribution in [2.75, 3.05) is 89.7 Å². The average Bonchev–Trinajstić information content (AvgIpc) is 1.62. The zero-order valence-corrected chi connectivity index (χ0v) is 58.3. The highest BCUT2D eigenvalue weighted by molar-refractivity contribution is 5.93. The van der Waals surface area contributed by atoms with E-state index in [1.807, 2.05) is 67.6 Å². The first-order valence-electron chi connectivity index (χ1n) is 36.4. The molecule has 0 atom stereocenters.